The van der Waals surface area contributed by atoms with Crippen LogP contribution in [0.25, 0.3) is 0 Å². The molecular weight excluding hydrogens is 182 g/mol. The molecule has 0 atom stereocenters. The van der Waals surface area contributed by atoms with Crippen LogP contribution in [-0.4, -0.2) is 26.2 Å². The largest absolute Gasteiger partial charge is 0.491 e. The summed E-state index contributed by atoms with van der Waals surface area (Å²) in [5.41, 5.74) is 5.95. The van der Waals surface area contributed by atoms with Crippen molar-refractivity contribution in [1.29, 1.82) is 0 Å². The molecule has 6 heteroatoms. The highest BCUT2D eigenvalue weighted by molar-refractivity contribution is 7.98. The van der Waals surface area contributed by atoms with E-state index >= 15 is 0 Å². The van der Waals surface area contributed by atoms with E-state index in [0.29, 0.717) is 18.0 Å². The smallest absolute Gasteiger partial charge is 0.247 e. The Balaban J connectivity index is 2.32. The number of thioether (sulfide) groups is 1. The van der Waals surface area contributed by atoms with E-state index in [0.717, 1.165) is 17.5 Å². The molecule has 0 bridgehead atoms. The predicted octanol–water partition coefficient (Wildman–Crippen LogP) is 0.436. The number of nitrogens with two attached hydrogens (primary N) is 1. The number of rotatable bonds is 4. The molecule has 0 unspecified atom stereocenters. The van der Waals surface area contributed by atoms with Gasteiger partial charge in [0.25, 0.3) is 0 Å². The third-order valence-electron chi connectivity index (χ3n) is 1.04. The average Bonchev–Trinajstić information content (AvgIpc) is 2.37. The zero-order valence-corrected chi connectivity index (χ0v) is 7.49. The number of hydrogen-bond donors (Lipinski definition) is 2. The highest BCUT2D eigenvalue weighted by atomic mass is 32.2. The maximum Gasteiger partial charge on any atom is 0.247 e. The van der Waals surface area contributed by atoms with Crippen LogP contribution in [0.4, 0.5) is 0 Å². The first-order valence-corrected chi connectivity index (χ1v) is 5.01. The fraction of sp³-hybridized carbons (Fsp3) is 0.600. The number of nitrogens with zero attached hydrogens (tertiary/aromatic N) is 2. The van der Waals surface area contributed by atoms with Crippen LogP contribution in [-0.2, 0) is 5.75 Å². The van der Waals surface area contributed by atoms with Crippen molar-refractivity contribution >= 4 is 23.5 Å². The molecule has 0 saturated heterocycles. The highest BCUT2D eigenvalue weighted by Gasteiger charge is 2.04. The van der Waals surface area contributed by atoms with E-state index in [2.05, 4.69) is 8.75 Å². The predicted molar refractivity (Wildman–Crippen MR) is 46.8 cm³/mol. The standard InChI is InChI=1S/C5H9N3OS2/c6-1-2-10-3-4-5(9)8-11-7-4/h1-3,6H2,(H,8,9). The molecule has 0 amide bonds. The van der Waals surface area contributed by atoms with Crippen molar-refractivity contribution in [2.45, 2.75) is 5.75 Å². The number of aromatic nitrogens is 2. The lowest BCUT2D eigenvalue weighted by Crippen LogP contribution is -2.01. The summed E-state index contributed by atoms with van der Waals surface area (Å²) < 4.78 is 7.54. The molecule has 0 spiro atoms. The maximum absolute atomic E-state index is 9.04. The van der Waals surface area contributed by atoms with Crippen LogP contribution in [0.1, 0.15) is 5.69 Å². The summed E-state index contributed by atoms with van der Waals surface area (Å²) >= 11 is 2.67. The van der Waals surface area contributed by atoms with Gasteiger partial charge < -0.3 is 10.8 Å². The molecule has 1 heterocycles. The van der Waals surface area contributed by atoms with Gasteiger partial charge in [0.15, 0.2) is 0 Å². The van der Waals surface area contributed by atoms with Crippen molar-refractivity contribution < 1.29 is 5.11 Å². The molecule has 1 aromatic heterocycles. The molecule has 0 radical (unpaired) electrons. The lowest BCUT2D eigenvalue weighted by atomic mass is 10.5. The minimum absolute atomic E-state index is 0.0551. The van der Waals surface area contributed by atoms with Crippen LogP contribution in [0, 0.1) is 0 Å². The Morgan fingerprint density at radius 2 is 2.36 bits per heavy atom. The summed E-state index contributed by atoms with van der Waals surface area (Å²) in [6.45, 7) is 0.656. The molecule has 0 saturated carbocycles. The average molecular weight is 191 g/mol. The third-order valence-corrected chi connectivity index (χ3v) is 2.60. The highest BCUT2D eigenvalue weighted by Crippen LogP contribution is 2.18. The molecule has 1 aromatic rings. The monoisotopic (exact) mass is 191 g/mol. The Kier molecular flexibility index (Phi) is 3.61. The van der Waals surface area contributed by atoms with E-state index in [1.54, 1.807) is 11.8 Å². The van der Waals surface area contributed by atoms with Gasteiger partial charge in [0.2, 0.25) is 5.88 Å². The van der Waals surface area contributed by atoms with E-state index in [1.807, 2.05) is 0 Å². The SMILES string of the molecule is NCCSCc1nsnc1O. The molecule has 0 aromatic carbocycles. The lowest BCUT2D eigenvalue weighted by Gasteiger charge is -1.94. The summed E-state index contributed by atoms with van der Waals surface area (Å²) in [6.07, 6.45) is 0. The third kappa shape index (κ3) is 2.64. The zero-order valence-electron chi connectivity index (χ0n) is 5.86. The molecule has 1 rings (SSSR count). The second kappa shape index (κ2) is 4.53. The molecule has 3 N–H and O–H groups in total. The van der Waals surface area contributed by atoms with Gasteiger partial charge in [-0.25, -0.2) is 0 Å². The first kappa shape index (κ1) is 8.76. The summed E-state index contributed by atoms with van der Waals surface area (Å²) in [4.78, 5) is 0. The fourth-order valence-electron chi connectivity index (χ4n) is 0.545. The lowest BCUT2D eigenvalue weighted by molar-refractivity contribution is 0.453. The Hall–Kier alpha value is -0.330. The van der Waals surface area contributed by atoms with E-state index in [4.69, 9.17) is 10.8 Å². The Bertz CT molecular complexity index is 215. The van der Waals surface area contributed by atoms with E-state index in [9.17, 15) is 0 Å². The van der Waals surface area contributed by atoms with Crippen LogP contribution in [0.2, 0.25) is 0 Å². The summed E-state index contributed by atoms with van der Waals surface area (Å²) in [6, 6.07) is 0. The van der Waals surface area contributed by atoms with Crippen molar-refractivity contribution in [3.05, 3.63) is 5.69 Å². The summed E-state index contributed by atoms with van der Waals surface area (Å²) in [5.74, 6) is 1.63. The van der Waals surface area contributed by atoms with Crippen LogP contribution >= 0.6 is 23.5 Å². The topological polar surface area (TPSA) is 72.0 Å². The second-order valence-electron chi connectivity index (χ2n) is 1.88. The summed E-state index contributed by atoms with van der Waals surface area (Å²) in [5, 5.41) is 9.04. The molecule has 0 aliphatic heterocycles. The molecule has 0 aliphatic rings. The minimum Gasteiger partial charge on any atom is -0.491 e. The molecule has 11 heavy (non-hydrogen) atoms. The normalized spacial score (nSPS) is 10.3. The van der Waals surface area contributed by atoms with Crippen LogP contribution in [0.15, 0.2) is 0 Å². The molecule has 4 nitrogen and oxygen atoms in total. The van der Waals surface area contributed by atoms with Gasteiger partial charge in [-0.2, -0.15) is 16.1 Å². The van der Waals surface area contributed by atoms with Crippen molar-refractivity contribution in [1.82, 2.24) is 8.75 Å². The maximum atomic E-state index is 9.04. The van der Waals surface area contributed by atoms with Gasteiger partial charge in [-0.3, -0.25) is 0 Å². The van der Waals surface area contributed by atoms with Crippen molar-refractivity contribution in [3.63, 3.8) is 0 Å². The zero-order chi connectivity index (χ0) is 8.10. The first-order chi connectivity index (χ1) is 5.34. The second-order valence-corrected chi connectivity index (χ2v) is 3.51. The van der Waals surface area contributed by atoms with Crippen LogP contribution in [0.5, 0.6) is 5.88 Å². The minimum atomic E-state index is 0.0551. The fourth-order valence-corrected chi connectivity index (χ4v) is 1.79. The van der Waals surface area contributed by atoms with Crippen LogP contribution < -0.4 is 5.73 Å². The van der Waals surface area contributed by atoms with Gasteiger partial charge >= 0.3 is 0 Å². The van der Waals surface area contributed by atoms with Crippen molar-refractivity contribution in [2.24, 2.45) is 5.73 Å². The summed E-state index contributed by atoms with van der Waals surface area (Å²) in [7, 11) is 0. The number of aromatic hydroxyl groups is 1. The van der Waals surface area contributed by atoms with Gasteiger partial charge in [-0.05, 0) is 0 Å². The Labute approximate surface area is 73.1 Å². The van der Waals surface area contributed by atoms with E-state index < -0.39 is 0 Å². The molecule has 0 aliphatic carbocycles. The van der Waals surface area contributed by atoms with Gasteiger partial charge in [-0.15, -0.1) is 4.37 Å². The molecule has 0 fully saturated rings. The van der Waals surface area contributed by atoms with Crippen LogP contribution in [0.3, 0.4) is 0 Å². The Morgan fingerprint density at radius 1 is 1.55 bits per heavy atom. The van der Waals surface area contributed by atoms with Gasteiger partial charge in [-0.1, -0.05) is 0 Å². The van der Waals surface area contributed by atoms with Crippen molar-refractivity contribution in [2.75, 3.05) is 12.3 Å². The van der Waals surface area contributed by atoms with Gasteiger partial charge in [0.05, 0.1) is 11.7 Å². The van der Waals surface area contributed by atoms with Gasteiger partial charge in [0, 0.05) is 18.1 Å². The number of hydrogen-bond acceptors (Lipinski definition) is 6. The van der Waals surface area contributed by atoms with Gasteiger partial charge in [0.1, 0.15) is 5.69 Å². The molecular formula is C5H9N3OS2. The van der Waals surface area contributed by atoms with E-state index in [-0.39, 0.29) is 5.88 Å². The Morgan fingerprint density at radius 3 is 2.91 bits per heavy atom. The van der Waals surface area contributed by atoms with Crippen molar-refractivity contribution in [3.8, 4) is 5.88 Å². The first-order valence-electron chi connectivity index (χ1n) is 3.13. The molecule has 62 valence electrons. The quantitative estimate of drug-likeness (QED) is 0.675. The van der Waals surface area contributed by atoms with E-state index in [1.165, 1.54) is 0 Å².